The van der Waals surface area contributed by atoms with Crippen molar-refractivity contribution in [2.24, 2.45) is 5.41 Å². The van der Waals surface area contributed by atoms with Crippen LogP contribution in [-0.4, -0.2) is 67.3 Å². The Labute approximate surface area is 404 Å². The first-order chi connectivity index (χ1) is 32.8. The minimum Gasteiger partial charge on any atom is -0.491 e. The summed E-state index contributed by atoms with van der Waals surface area (Å²) in [5.41, 5.74) is 1.92. The average Bonchev–Trinajstić information content (AvgIpc) is 3.96. The zero-order valence-electron chi connectivity index (χ0n) is 39.7. The standard InChI is InChI=1S/C56H71ClN3O6P/c1-2-3-4-5-6-7-8-9-10-11-19-26-53(61)58-44-28-30-48(51(57)39-44)50-41-55(63)66-52-40-45(29-31-49(50)52)64-36-37-65-60-35-33-56(43-60)32-34-59(42-56)54(62)27-20-14-21-38-67(46-22-15-12-16-23-46)47-24-17-13-18-25-47/h12-13,15-18,22-25,28-31,39-41H,2-11,14,19-21,26-27,32-38,42-43H2,1H3,(H,58,61). The molecule has 2 fully saturated rings. The minimum absolute atomic E-state index is 0.0215. The number of nitrogens with one attached hydrogen (secondary N) is 1. The molecule has 67 heavy (non-hydrogen) atoms. The van der Waals surface area contributed by atoms with Gasteiger partial charge in [-0.25, -0.2) is 4.79 Å². The number of hydrogen-bond donors (Lipinski definition) is 1. The second kappa shape index (κ2) is 26.3. The average molecular weight is 949 g/mol. The quantitative estimate of drug-likeness (QED) is 0.0318. The lowest BCUT2D eigenvalue weighted by Gasteiger charge is -2.24. The predicted molar refractivity (Wildman–Crippen MR) is 276 cm³/mol. The molecule has 2 amide bonds. The van der Waals surface area contributed by atoms with Crippen LogP contribution in [0.15, 0.2) is 112 Å². The zero-order chi connectivity index (χ0) is 46.7. The van der Waals surface area contributed by atoms with Crippen LogP contribution in [0.4, 0.5) is 5.69 Å². The van der Waals surface area contributed by atoms with E-state index in [0.717, 1.165) is 82.7 Å². The van der Waals surface area contributed by atoms with Crippen molar-refractivity contribution in [1.29, 1.82) is 0 Å². The number of rotatable bonds is 27. The number of ether oxygens (including phenoxy) is 1. The Balaban J connectivity index is 0.796. The Morgan fingerprint density at radius 2 is 1.36 bits per heavy atom. The van der Waals surface area contributed by atoms with Gasteiger partial charge in [0.25, 0.3) is 0 Å². The van der Waals surface area contributed by atoms with Gasteiger partial charge in [0.2, 0.25) is 11.8 Å². The van der Waals surface area contributed by atoms with Crippen molar-refractivity contribution in [3.8, 4) is 16.9 Å². The van der Waals surface area contributed by atoms with Crippen LogP contribution in [0.2, 0.25) is 5.02 Å². The Morgan fingerprint density at radius 3 is 2.06 bits per heavy atom. The summed E-state index contributed by atoms with van der Waals surface area (Å²) in [5.74, 6) is 0.823. The van der Waals surface area contributed by atoms with Crippen molar-refractivity contribution in [1.82, 2.24) is 9.96 Å². The second-order valence-corrected chi connectivity index (χ2v) is 21.4. The number of hydrogen-bond acceptors (Lipinski definition) is 7. The number of likely N-dealkylation sites (tertiary alicyclic amines) is 1. The number of carbonyl (C=O) groups is 2. The normalized spacial score (nSPS) is 16.1. The Kier molecular flexibility index (Phi) is 19.8. The van der Waals surface area contributed by atoms with Gasteiger partial charge in [-0.1, -0.05) is 156 Å². The molecule has 0 aliphatic carbocycles. The van der Waals surface area contributed by atoms with Crippen LogP contribution in [-0.2, 0) is 14.4 Å². The van der Waals surface area contributed by atoms with Gasteiger partial charge in [-0.3, -0.25) is 14.4 Å². The summed E-state index contributed by atoms with van der Waals surface area (Å²) < 4.78 is 11.7. The Morgan fingerprint density at radius 1 is 0.701 bits per heavy atom. The van der Waals surface area contributed by atoms with Gasteiger partial charge in [-0.15, -0.1) is 0 Å². The molecule has 4 aromatic carbocycles. The lowest BCUT2D eigenvalue weighted by molar-refractivity contribution is -0.154. The van der Waals surface area contributed by atoms with Crippen LogP contribution in [0.25, 0.3) is 22.1 Å². The number of halogens is 1. The van der Waals surface area contributed by atoms with Gasteiger partial charge < -0.3 is 19.4 Å². The van der Waals surface area contributed by atoms with Crippen LogP contribution in [0.5, 0.6) is 5.75 Å². The molecule has 1 atom stereocenters. The predicted octanol–water partition coefficient (Wildman–Crippen LogP) is 12.7. The fourth-order valence-electron chi connectivity index (χ4n) is 9.76. The molecule has 2 aliphatic heterocycles. The first kappa shape index (κ1) is 50.3. The highest BCUT2D eigenvalue weighted by Gasteiger charge is 2.45. The molecule has 1 N–H and O–H groups in total. The number of nitrogens with zero attached hydrogens (tertiary/aromatic N) is 2. The highest BCUT2D eigenvalue weighted by molar-refractivity contribution is 7.73. The molecule has 2 saturated heterocycles. The third-order valence-corrected chi connectivity index (χ3v) is 16.4. The lowest BCUT2D eigenvalue weighted by atomic mass is 9.86. The van der Waals surface area contributed by atoms with Gasteiger partial charge in [0.15, 0.2) is 0 Å². The van der Waals surface area contributed by atoms with Crippen molar-refractivity contribution in [3.63, 3.8) is 0 Å². The SMILES string of the molecule is CCCCCCCCCCCCCC(=O)Nc1ccc(-c2cc(=O)oc3cc(OCCON4CCC5(CCN(C(=O)CCCCCP(c6ccccc6)c6ccccc6)C5)C4)ccc23)c(Cl)c1. The summed E-state index contributed by atoms with van der Waals surface area (Å²) in [4.78, 5) is 47.0. The number of fused-ring (bicyclic) bond motifs is 1. The molecule has 1 spiro atoms. The van der Waals surface area contributed by atoms with Gasteiger partial charge in [0, 0.05) is 78.8 Å². The summed E-state index contributed by atoms with van der Waals surface area (Å²) >= 11 is 6.78. The van der Waals surface area contributed by atoms with Gasteiger partial charge in [-0.2, -0.15) is 5.06 Å². The monoisotopic (exact) mass is 947 g/mol. The van der Waals surface area contributed by atoms with E-state index in [1.165, 1.54) is 74.5 Å². The summed E-state index contributed by atoms with van der Waals surface area (Å²) in [5, 5.41) is 8.99. The minimum atomic E-state index is -0.495. The highest BCUT2D eigenvalue weighted by Crippen LogP contribution is 2.40. The number of amides is 2. The molecule has 1 unspecified atom stereocenters. The maximum Gasteiger partial charge on any atom is 0.336 e. The molecule has 9 nitrogen and oxygen atoms in total. The molecule has 1 aromatic heterocycles. The van der Waals surface area contributed by atoms with E-state index >= 15 is 0 Å². The number of hydroxylamine groups is 2. The molecule has 2 aliphatic rings. The van der Waals surface area contributed by atoms with E-state index in [0.29, 0.717) is 59.2 Å². The Bertz CT molecular complexity index is 2340. The molecular formula is C56H71ClN3O6P. The third-order valence-electron chi connectivity index (χ3n) is 13.5. The van der Waals surface area contributed by atoms with E-state index in [2.05, 4.69) is 77.8 Å². The number of anilines is 1. The molecule has 3 heterocycles. The summed E-state index contributed by atoms with van der Waals surface area (Å²) in [6, 6.07) is 34.0. The van der Waals surface area contributed by atoms with Crippen LogP contribution in [0.3, 0.4) is 0 Å². The number of carbonyl (C=O) groups excluding carboxylic acids is 2. The lowest BCUT2D eigenvalue weighted by Crippen LogP contribution is -2.34. The molecule has 0 radical (unpaired) electrons. The zero-order valence-corrected chi connectivity index (χ0v) is 41.3. The van der Waals surface area contributed by atoms with E-state index in [1.54, 1.807) is 12.1 Å². The molecule has 0 bridgehead atoms. The fraction of sp³-hybridized carbons (Fsp3) is 0.482. The number of benzene rings is 4. The maximum absolute atomic E-state index is 13.3. The van der Waals surface area contributed by atoms with Crippen molar-refractivity contribution < 1.29 is 23.6 Å². The van der Waals surface area contributed by atoms with E-state index in [1.807, 2.05) is 29.3 Å². The molecule has 5 aromatic rings. The smallest absolute Gasteiger partial charge is 0.336 e. The largest absolute Gasteiger partial charge is 0.491 e. The van der Waals surface area contributed by atoms with E-state index in [9.17, 15) is 14.4 Å². The molecular weight excluding hydrogens is 877 g/mol. The highest BCUT2D eigenvalue weighted by atomic mass is 35.5. The summed E-state index contributed by atoms with van der Waals surface area (Å²) in [6.07, 6.45) is 21.0. The molecule has 11 heteroatoms. The second-order valence-electron chi connectivity index (χ2n) is 18.7. The van der Waals surface area contributed by atoms with Crippen LogP contribution in [0, 0.1) is 5.41 Å². The Hall–Kier alpha value is -4.53. The fourth-order valence-corrected chi connectivity index (χ4v) is 12.5. The maximum atomic E-state index is 13.3. The van der Waals surface area contributed by atoms with Gasteiger partial charge in [0.05, 0.1) is 5.02 Å². The van der Waals surface area contributed by atoms with E-state index in [-0.39, 0.29) is 17.2 Å². The third kappa shape index (κ3) is 15.2. The summed E-state index contributed by atoms with van der Waals surface area (Å²) in [6.45, 7) is 6.19. The van der Waals surface area contributed by atoms with Crippen LogP contribution < -0.4 is 26.3 Å². The van der Waals surface area contributed by atoms with Gasteiger partial charge >= 0.3 is 5.63 Å². The van der Waals surface area contributed by atoms with E-state index in [4.69, 9.17) is 25.6 Å². The van der Waals surface area contributed by atoms with Crippen molar-refractivity contribution >= 4 is 58.6 Å². The molecule has 358 valence electrons. The van der Waals surface area contributed by atoms with Crippen LogP contribution >= 0.6 is 19.5 Å². The van der Waals surface area contributed by atoms with Crippen molar-refractivity contribution in [2.75, 3.05) is 50.9 Å². The number of unbranched alkanes of at least 4 members (excludes halogenated alkanes) is 12. The van der Waals surface area contributed by atoms with E-state index < -0.39 is 13.5 Å². The summed E-state index contributed by atoms with van der Waals surface area (Å²) in [7, 11) is -0.394. The molecule has 7 rings (SSSR count). The van der Waals surface area contributed by atoms with Crippen LogP contribution in [0.1, 0.15) is 122 Å². The van der Waals surface area contributed by atoms with Crippen molar-refractivity contribution in [3.05, 3.63) is 119 Å². The first-order valence-corrected chi connectivity index (χ1v) is 27.0. The van der Waals surface area contributed by atoms with Crippen molar-refractivity contribution in [2.45, 2.75) is 122 Å². The molecule has 0 saturated carbocycles. The van der Waals surface area contributed by atoms with Gasteiger partial charge in [-0.05, 0) is 81.1 Å². The topological polar surface area (TPSA) is 101 Å². The van der Waals surface area contributed by atoms with Gasteiger partial charge in [0.1, 0.15) is 24.5 Å². The first-order valence-electron chi connectivity index (χ1n) is 25.1.